The van der Waals surface area contributed by atoms with Crippen LogP contribution in [0, 0.1) is 6.92 Å². The fourth-order valence-electron chi connectivity index (χ4n) is 4.43. The maximum absolute atomic E-state index is 12.2. The minimum absolute atomic E-state index is 0.0902. The zero-order chi connectivity index (χ0) is 26.8. The van der Waals surface area contributed by atoms with Crippen LogP contribution in [0.15, 0.2) is 42.6 Å². The number of benzene rings is 1. The molecule has 0 saturated carbocycles. The molecular weight excluding hydrogens is 468 g/mol. The summed E-state index contributed by atoms with van der Waals surface area (Å²) in [6, 6.07) is 12.4. The first-order valence-electron chi connectivity index (χ1n) is 12.9. The first-order valence-corrected chi connectivity index (χ1v) is 12.9. The predicted octanol–water partition coefficient (Wildman–Crippen LogP) is 3.86. The molecule has 3 aromatic rings. The van der Waals surface area contributed by atoms with E-state index in [0.29, 0.717) is 32.8 Å². The molecule has 1 amide bonds. The van der Waals surface area contributed by atoms with Crippen molar-refractivity contribution < 1.29 is 14.3 Å². The molecule has 0 aliphatic carbocycles. The van der Waals surface area contributed by atoms with E-state index < -0.39 is 11.1 Å². The summed E-state index contributed by atoms with van der Waals surface area (Å²) in [5.41, 5.74) is 8.57. The highest BCUT2D eigenvalue weighted by Gasteiger charge is 2.43. The van der Waals surface area contributed by atoms with Gasteiger partial charge in [-0.25, -0.2) is 14.3 Å². The van der Waals surface area contributed by atoms with Crippen molar-refractivity contribution in [2.24, 2.45) is 5.73 Å². The molecule has 4 rings (SSSR count). The molecule has 0 bridgehead atoms. The maximum Gasteiger partial charge on any atom is 0.410 e. The lowest BCUT2D eigenvalue weighted by Gasteiger charge is -2.47. The van der Waals surface area contributed by atoms with Gasteiger partial charge in [-0.05, 0) is 44.9 Å². The molecule has 2 aromatic heterocycles. The molecule has 1 fully saturated rings. The minimum atomic E-state index is -0.509. The van der Waals surface area contributed by atoms with Gasteiger partial charge in [-0.3, -0.25) is 0 Å². The van der Waals surface area contributed by atoms with Crippen LogP contribution in [0.3, 0.4) is 0 Å². The Morgan fingerprint density at radius 2 is 1.89 bits per heavy atom. The smallest absolute Gasteiger partial charge is 0.410 e. The van der Waals surface area contributed by atoms with Gasteiger partial charge in [-0.2, -0.15) is 5.10 Å². The first kappa shape index (κ1) is 26.9. The average molecular weight is 509 g/mol. The molecule has 0 radical (unpaired) electrons. The van der Waals surface area contributed by atoms with Gasteiger partial charge in [0.2, 0.25) is 0 Å². The molecule has 3 N–H and O–H groups in total. The SMILES string of the molecule is Cc1cc(OCC(C)c2ccccc2)cn2nc(C(C)CNCC3(N)CN(C(=O)OC(C)(C)C)C3)nc12. The number of nitrogens with one attached hydrogen (secondary N) is 1. The molecular formula is C28H40N6O3. The number of amides is 1. The standard InChI is InChI=1S/C28H40N6O3/c1-19-12-23(36-15-21(3)22-10-8-7-9-11-22)14-34-25(19)31-24(32-34)20(2)13-30-16-28(29)17-33(18-28)26(35)37-27(4,5)6/h7-12,14,20-21,30H,13,15-18,29H2,1-6H3. The number of rotatable bonds is 9. The van der Waals surface area contributed by atoms with Crippen molar-refractivity contribution >= 4 is 11.7 Å². The lowest BCUT2D eigenvalue weighted by atomic mass is 9.91. The van der Waals surface area contributed by atoms with Crippen LogP contribution in [0.25, 0.3) is 5.65 Å². The van der Waals surface area contributed by atoms with Crippen molar-refractivity contribution in [1.29, 1.82) is 0 Å². The highest BCUT2D eigenvalue weighted by Crippen LogP contribution is 2.23. The van der Waals surface area contributed by atoms with Gasteiger partial charge >= 0.3 is 6.09 Å². The topological polar surface area (TPSA) is 107 Å². The molecule has 37 heavy (non-hydrogen) atoms. The number of aryl methyl sites for hydroxylation is 1. The van der Waals surface area contributed by atoms with Gasteiger partial charge in [0.05, 0.1) is 18.3 Å². The molecule has 2 unspecified atom stereocenters. The summed E-state index contributed by atoms with van der Waals surface area (Å²) in [5.74, 6) is 1.92. The second-order valence-corrected chi connectivity index (χ2v) is 11.5. The number of pyridine rings is 1. The molecule has 0 spiro atoms. The molecule has 1 aliphatic heterocycles. The number of hydrogen-bond donors (Lipinski definition) is 2. The van der Waals surface area contributed by atoms with Crippen molar-refractivity contribution in [3.05, 3.63) is 59.5 Å². The van der Waals surface area contributed by atoms with E-state index in [1.165, 1.54) is 5.56 Å². The summed E-state index contributed by atoms with van der Waals surface area (Å²) in [6.07, 6.45) is 1.58. The third-order valence-corrected chi connectivity index (χ3v) is 6.51. The number of ether oxygens (including phenoxy) is 2. The van der Waals surface area contributed by atoms with E-state index in [1.54, 1.807) is 9.42 Å². The molecule has 9 nitrogen and oxygen atoms in total. The van der Waals surface area contributed by atoms with E-state index in [9.17, 15) is 4.79 Å². The van der Waals surface area contributed by atoms with E-state index in [2.05, 4.69) is 31.3 Å². The lowest BCUT2D eigenvalue weighted by Crippen LogP contribution is -2.72. The largest absolute Gasteiger partial charge is 0.491 e. The van der Waals surface area contributed by atoms with Gasteiger partial charge in [0, 0.05) is 38.0 Å². The Bertz CT molecular complexity index is 1210. The van der Waals surface area contributed by atoms with Crippen molar-refractivity contribution in [3.63, 3.8) is 0 Å². The molecule has 3 heterocycles. The Morgan fingerprint density at radius 1 is 1.19 bits per heavy atom. The number of likely N-dealkylation sites (tertiary alicyclic amines) is 1. The summed E-state index contributed by atoms with van der Waals surface area (Å²) in [7, 11) is 0. The number of hydrogen-bond acceptors (Lipinski definition) is 7. The summed E-state index contributed by atoms with van der Waals surface area (Å²) in [4.78, 5) is 18.6. The van der Waals surface area contributed by atoms with Gasteiger partial charge in [0.25, 0.3) is 0 Å². The van der Waals surface area contributed by atoms with Crippen LogP contribution in [-0.4, -0.2) is 69.5 Å². The summed E-state index contributed by atoms with van der Waals surface area (Å²) in [6.45, 7) is 14.7. The van der Waals surface area contributed by atoms with Crippen LogP contribution in [0.1, 0.15) is 63.4 Å². The van der Waals surface area contributed by atoms with Crippen molar-refractivity contribution in [2.75, 3.05) is 32.8 Å². The van der Waals surface area contributed by atoms with Gasteiger partial charge < -0.3 is 25.4 Å². The Labute approximate surface area is 219 Å². The second-order valence-electron chi connectivity index (χ2n) is 11.5. The highest BCUT2D eigenvalue weighted by atomic mass is 16.6. The van der Waals surface area contributed by atoms with Crippen molar-refractivity contribution in [3.8, 4) is 5.75 Å². The Kier molecular flexibility index (Phi) is 7.75. The Hall–Kier alpha value is -3.17. The second kappa shape index (κ2) is 10.7. The number of nitrogens with two attached hydrogens (primary N) is 1. The van der Waals surface area contributed by atoms with E-state index in [4.69, 9.17) is 25.3 Å². The van der Waals surface area contributed by atoms with Crippen LogP contribution < -0.4 is 15.8 Å². The van der Waals surface area contributed by atoms with Gasteiger partial charge in [-0.15, -0.1) is 0 Å². The van der Waals surface area contributed by atoms with Crippen molar-refractivity contribution in [1.82, 2.24) is 24.8 Å². The number of carbonyl (C=O) groups excluding carboxylic acids is 1. The average Bonchev–Trinajstić information content (AvgIpc) is 3.25. The van der Waals surface area contributed by atoms with E-state index in [0.717, 1.165) is 22.8 Å². The summed E-state index contributed by atoms with van der Waals surface area (Å²) in [5, 5.41) is 8.16. The van der Waals surface area contributed by atoms with Crippen LogP contribution in [0.4, 0.5) is 4.79 Å². The number of aromatic nitrogens is 3. The van der Waals surface area contributed by atoms with Crippen LogP contribution in [-0.2, 0) is 4.74 Å². The quantitative estimate of drug-likeness (QED) is 0.452. The van der Waals surface area contributed by atoms with Crippen molar-refractivity contribution in [2.45, 2.75) is 64.5 Å². The molecule has 200 valence electrons. The summed E-state index contributed by atoms with van der Waals surface area (Å²) >= 11 is 0. The molecule has 2 atom stereocenters. The van der Waals surface area contributed by atoms with Gasteiger partial charge in [0.1, 0.15) is 11.4 Å². The summed E-state index contributed by atoms with van der Waals surface area (Å²) < 4.78 is 13.3. The van der Waals surface area contributed by atoms with E-state index in [-0.39, 0.29) is 17.9 Å². The van der Waals surface area contributed by atoms with E-state index >= 15 is 0 Å². The molecule has 1 aromatic carbocycles. The fraction of sp³-hybridized carbons (Fsp3) is 0.536. The normalized spacial score (nSPS) is 16.8. The Balaban J connectivity index is 1.29. The fourth-order valence-corrected chi connectivity index (χ4v) is 4.43. The molecule has 1 aliphatic rings. The highest BCUT2D eigenvalue weighted by molar-refractivity contribution is 5.69. The number of nitrogens with zero attached hydrogens (tertiary/aromatic N) is 4. The number of carbonyl (C=O) groups is 1. The third kappa shape index (κ3) is 6.78. The zero-order valence-electron chi connectivity index (χ0n) is 22.8. The van der Waals surface area contributed by atoms with Gasteiger partial charge in [-0.1, -0.05) is 44.2 Å². The monoisotopic (exact) mass is 508 g/mol. The van der Waals surface area contributed by atoms with Crippen LogP contribution >= 0.6 is 0 Å². The maximum atomic E-state index is 12.2. The minimum Gasteiger partial charge on any atom is -0.491 e. The Morgan fingerprint density at radius 3 is 2.57 bits per heavy atom. The zero-order valence-corrected chi connectivity index (χ0v) is 22.8. The molecule has 9 heteroatoms. The van der Waals surface area contributed by atoms with Gasteiger partial charge in [0.15, 0.2) is 11.5 Å². The predicted molar refractivity (Wildman–Crippen MR) is 144 cm³/mol. The van der Waals surface area contributed by atoms with E-state index in [1.807, 2.05) is 58.2 Å². The molecule has 1 saturated heterocycles. The number of fused-ring (bicyclic) bond motifs is 1. The lowest BCUT2D eigenvalue weighted by molar-refractivity contribution is -0.00773. The van der Waals surface area contributed by atoms with Crippen LogP contribution in [0.5, 0.6) is 5.75 Å². The first-order chi connectivity index (χ1) is 17.4. The third-order valence-electron chi connectivity index (χ3n) is 6.51. The van der Waals surface area contributed by atoms with Crippen LogP contribution in [0.2, 0.25) is 0 Å².